The number of fused-ring (bicyclic) bond motifs is 1. The molecule has 1 fully saturated rings. The number of aliphatic hydroxyl groups excluding tert-OH is 1. The summed E-state index contributed by atoms with van der Waals surface area (Å²) in [6, 6.07) is 8.41. The van der Waals surface area contributed by atoms with Gasteiger partial charge in [-0.1, -0.05) is 12.1 Å². The number of hydrogen-bond acceptors (Lipinski definition) is 3. The van der Waals surface area contributed by atoms with Gasteiger partial charge in [-0.3, -0.25) is 4.90 Å². The summed E-state index contributed by atoms with van der Waals surface area (Å²) in [5.74, 6) is 0. The van der Waals surface area contributed by atoms with Crippen molar-refractivity contribution in [3.05, 3.63) is 36.0 Å². The molecule has 0 aliphatic carbocycles. The number of aryl methyl sites for hydroxylation is 1. The molecule has 1 saturated heterocycles. The maximum atomic E-state index is 9.69. The van der Waals surface area contributed by atoms with Crippen LogP contribution in [-0.4, -0.2) is 39.8 Å². The smallest absolute Gasteiger partial charge is 0.0830 e. The minimum atomic E-state index is -0.389. The fraction of sp³-hybridized carbons (Fsp3) is 0.429. The van der Waals surface area contributed by atoms with Crippen LogP contribution in [0.4, 0.5) is 0 Å². The molecule has 0 bridgehead atoms. The van der Waals surface area contributed by atoms with Crippen molar-refractivity contribution in [3.8, 4) is 0 Å². The van der Waals surface area contributed by atoms with Gasteiger partial charge in [-0.2, -0.15) is 0 Å². The number of hydrogen-bond donors (Lipinski definition) is 2. The number of β-amino-alcohol motifs (C(OH)–C–C–N with tert-alkyl or cyclic N) is 1. The van der Waals surface area contributed by atoms with Gasteiger partial charge in [0, 0.05) is 49.8 Å². The summed E-state index contributed by atoms with van der Waals surface area (Å²) < 4.78 is 2.13. The second-order valence-corrected chi connectivity index (χ2v) is 5.20. The van der Waals surface area contributed by atoms with E-state index in [9.17, 15) is 5.11 Å². The van der Waals surface area contributed by atoms with Crippen molar-refractivity contribution in [2.45, 2.75) is 18.7 Å². The Hall–Kier alpha value is -1.36. The van der Waals surface area contributed by atoms with Crippen molar-refractivity contribution in [1.82, 2.24) is 9.47 Å². The van der Waals surface area contributed by atoms with E-state index in [1.165, 1.54) is 16.5 Å². The molecule has 4 heteroatoms. The van der Waals surface area contributed by atoms with Crippen molar-refractivity contribution in [2.24, 2.45) is 12.8 Å². The number of aromatic nitrogens is 1. The number of nitrogens with zero attached hydrogens (tertiary/aromatic N) is 2. The van der Waals surface area contributed by atoms with Crippen LogP contribution in [0, 0.1) is 0 Å². The topological polar surface area (TPSA) is 54.4 Å². The van der Waals surface area contributed by atoms with Crippen LogP contribution in [0.1, 0.15) is 5.56 Å². The molecule has 1 aromatic heterocycles. The molecule has 2 atom stereocenters. The first-order valence-corrected chi connectivity index (χ1v) is 6.34. The van der Waals surface area contributed by atoms with Gasteiger partial charge in [0.2, 0.25) is 0 Å². The van der Waals surface area contributed by atoms with Crippen LogP contribution in [0.3, 0.4) is 0 Å². The van der Waals surface area contributed by atoms with E-state index in [4.69, 9.17) is 5.73 Å². The molecule has 2 heterocycles. The summed E-state index contributed by atoms with van der Waals surface area (Å²) in [7, 11) is 2.06. The Morgan fingerprint density at radius 2 is 2.17 bits per heavy atom. The molecule has 0 unspecified atom stereocenters. The second kappa shape index (κ2) is 4.39. The van der Waals surface area contributed by atoms with Crippen molar-refractivity contribution in [1.29, 1.82) is 0 Å². The maximum absolute atomic E-state index is 9.69. The van der Waals surface area contributed by atoms with Gasteiger partial charge >= 0.3 is 0 Å². The van der Waals surface area contributed by atoms with Crippen LogP contribution in [-0.2, 0) is 13.6 Å². The van der Waals surface area contributed by atoms with Gasteiger partial charge in [-0.15, -0.1) is 0 Å². The number of nitrogens with two attached hydrogens (primary N) is 1. The lowest BCUT2D eigenvalue weighted by Gasteiger charge is -2.15. The van der Waals surface area contributed by atoms with Crippen LogP contribution in [0.2, 0.25) is 0 Å². The molecule has 18 heavy (non-hydrogen) atoms. The fourth-order valence-electron chi connectivity index (χ4n) is 2.77. The Morgan fingerprint density at radius 3 is 2.89 bits per heavy atom. The van der Waals surface area contributed by atoms with Crippen LogP contribution in [0.25, 0.3) is 10.9 Å². The van der Waals surface area contributed by atoms with Crippen molar-refractivity contribution in [3.63, 3.8) is 0 Å². The number of aliphatic hydroxyl groups is 1. The molecule has 3 N–H and O–H groups in total. The molecule has 4 nitrogen and oxygen atoms in total. The van der Waals surface area contributed by atoms with E-state index < -0.39 is 0 Å². The molecule has 0 amide bonds. The second-order valence-electron chi connectivity index (χ2n) is 5.20. The molecule has 0 saturated carbocycles. The third-order valence-electron chi connectivity index (χ3n) is 3.82. The third-order valence-corrected chi connectivity index (χ3v) is 3.82. The Bertz CT molecular complexity index is 553. The SMILES string of the molecule is Cn1ccc2c(CN3C[C@@H](N)[C@H](O)C3)cccc21. The first-order chi connectivity index (χ1) is 8.65. The molecule has 1 aromatic carbocycles. The predicted octanol–water partition coefficient (Wildman–Crippen LogP) is 0.682. The molecule has 96 valence electrons. The molecular weight excluding hydrogens is 226 g/mol. The fourth-order valence-corrected chi connectivity index (χ4v) is 2.77. The molecule has 2 aromatic rings. The average molecular weight is 245 g/mol. The lowest BCUT2D eigenvalue weighted by molar-refractivity contribution is 0.164. The Kier molecular flexibility index (Phi) is 2.86. The Labute approximate surface area is 107 Å². The summed E-state index contributed by atoms with van der Waals surface area (Å²) in [5.41, 5.74) is 8.39. The Balaban J connectivity index is 1.87. The largest absolute Gasteiger partial charge is 0.390 e. The summed E-state index contributed by atoms with van der Waals surface area (Å²) in [6.07, 6.45) is 1.69. The van der Waals surface area contributed by atoms with Gasteiger partial charge in [0.25, 0.3) is 0 Å². The molecule has 1 aliphatic rings. The van der Waals surface area contributed by atoms with Gasteiger partial charge in [0.05, 0.1) is 6.10 Å². The summed E-state index contributed by atoms with van der Waals surface area (Å²) in [5, 5.41) is 11.0. The standard InChI is InChI=1S/C14H19N3O/c1-16-6-5-11-10(3-2-4-13(11)16)7-17-8-12(15)14(18)9-17/h2-6,12,14,18H,7-9,15H2,1H3/t12-,14-/m1/s1. The van der Waals surface area contributed by atoms with E-state index in [-0.39, 0.29) is 12.1 Å². The quantitative estimate of drug-likeness (QED) is 0.818. The number of rotatable bonds is 2. The first-order valence-electron chi connectivity index (χ1n) is 6.34. The summed E-state index contributed by atoms with van der Waals surface area (Å²) in [6.45, 7) is 2.29. The highest BCUT2D eigenvalue weighted by atomic mass is 16.3. The molecular formula is C14H19N3O. The van der Waals surface area contributed by atoms with Gasteiger partial charge in [0.1, 0.15) is 0 Å². The van der Waals surface area contributed by atoms with E-state index in [0.29, 0.717) is 6.54 Å². The van der Waals surface area contributed by atoms with Crippen molar-refractivity contribution < 1.29 is 5.11 Å². The van der Waals surface area contributed by atoms with Gasteiger partial charge < -0.3 is 15.4 Å². The molecule has 0 radical (unpaired) electrons. The minimum absolute atomic E-state index is 0.111. The zero-order valence-electron chi connectivity index (χ0n) is 10.6. The highest BCUT2D eigenvalue weighted by Gasteiger charge is 2.28. The highest BCUT2D eigenvalue weighted by Crippen LogP contribution is 2.22. The predicted molar refractivity (Wildman–Crippen MR) is 72.2 cm³/mol. The molecule has 0 spiro atoms. The van der Waals surface area contributed by atoms with E-state index in [1.807, 2.05) is 0 Å². The van der Waals surface area contributed by atoms with Gasteiger partial charge in [0.15, 0.2) is 0 Å². The van der Waals surface area contributed by atoms with Crippen LogP contribution >= 0.6 is 0 Å². The van der Waals surface area contributed by atoms with Crippen LogP contribution in [0.15, 0.2) is 30.5 Å². The van der Waals surface area contributed by atoms with Gasteiger partial charge in [-0.25, -0.2) is 0 Å². The summed E-state index contributed by atoms with van der Waals surface area (Å²) >= 11 is 0. The highest BCUT2D eigenvalue weighted by molar-refractivity contribution is 5.83. The lowest BCUT2D eigenvalue weighted by Crippen LogP contribution is -2.32. The molecule has 3 rings (SSSR count). The molecule has 1 aliphatic heterocycles. The van der Waals surface area contributed by atoms with Crippen LogP contribution in [0.5, 0.6) is 0 Å². The minimum Gasteiger partial charge on any atom is -0.390 e. The normalized spacial score (nSPS) is 25.1. The van der Waals surface area contributed by atoms with E-state index in [1.54, 1.807) is 0 Å². The number of likely N-dealkylation sites (tertiary alicyclic amines) is 1. The van der Waals surface area contributed by atoms with E-state index >= 15 is 0 Å². The van der Waals surface area contributed by atoms with E-state index in [0.717, 1.165) is 13.1 Å². The van der Waals surface area contributed by atoms with Crippen molar-refractivity contribution in [2.75, 3.05) is 13.1 Å². The maximum Gasteiger partial charge on any atom is 0.0830 e. The zero-order chi connectivity index (χ0) is 12.7. The monoisotopic (exact) mass is 245 g/mol. The van der Waals surface area contributed by atoms with Crippen LogP contribution < -0.4 is 5.73 Å². The zero-order valence-corrected chi connectivity index (χ0v) is 10.6. The number of benzene rings is 1. The van der Waals surface area contributed by atoms with Gasteiger partial charge in [-0.05, 0) is 17.7 Å². The lowest BCUT2D eigenvalue weighted by atomic mass is 10.1. The first kappa shape index (κ1) is 11.7. The van der Waals surface area contributed by atoms with E-state index in [2.05, 4.69) is 47.0 Å². The van der Waals surface area contributed by atoms with Crippen molar-refractivity contribution >= 4 is 10.9 Å². The summed E-state index contributed by atoms with van der Waals surface area (Å²) in [4.78, 5) is 2.22. The average Bonchev–Trinajstić information content (AvgIpc) is 2.86. The Morgan fingerprint density at radius 1 is 1.33 bits per heavy atom. The third kappa shape index (κ3) is 1.92.